The number of nitrogens with zero attached hydrogens (tertiary/aromatic N) is 1. The number of aromatic nitrogens is 1. The van der Waals surface area contributed by atoms with E-state index in [1.807, 2.05) is 6.07 Å². The second-order valence-electron chi connectivity index (χ2n) is 4.61. The molecule has 0 radical (unpaired) electrons. The van der Waals surface area contributed by atoms with Gasteiger partial charge in [-0.05, 0) is 24.1 Å². The Balaban J connectivity index is 1.99. The van der Waals surface area contributed by atoms with Crippen LogP contribution in [0, 0.1) is 0 Å². The molecule has 1 aromatic heterocycles. The van der Waals surface area contributed by atoms with E-state index in [9.17, 15) is 25.2 Å². The van der Waals surface area contributed by atoms with Crippen LogP contribution in [0.4, 0.5) is 5.69 Å². The third-order valence-electron chi connectivity index (χ3n) is 3.20. The molecule has 0 aliphatic rings. The zero-order valence-corrected chi connectivity index (χ0v) is 13.4. The molecule has 0 fully saturated rings. The van der Waals surface area contributed by atoms with Gasteiger partial charge in [-0.1, -0.05) is 6.07 Å². The highest BCUT2D eigenvalue weighted by molar-refractivity contribution is 8.00. The molecule has 0 aliphatic carbocycles. The standard InChI is InChI=1S/C14H10N2O6S2/c17-10-7(14(21)22)11(18)13(20)9(12(10)19)16-24-6-3-1-2-5-8(6)15-4-23-5/h1-4,16-20H,(H,21,22). The van der Waals surface area contributed by atoms with Crippen LogP contribution in [0.15, 0.2) is 28.6 Å². The van der Waals surface area contributed by atoms with Crippen LogP contribution in [0.2, 0.25) is 0 Å². The summed E-state index contributed by atoms with van der Waals surface area (Å²) >= 11 is 2.42. The van der Waals surface area contributed by atoms with Crippen molar-refractivity contribution in [2.45, 2.75) is 4.90 Å². The summed E-state index contributed by atoms with van der Waals surface area (Å²) in [7, 11) is 0. The SMILES string of the molecule is O=C(O)c1c(O)c(O)c(NSc2cccc3scnc23)c(O)c1O. The maximum Gasteiger partial charge on any atom is 0.343 e. The van der Waals surface area contributed by atoms with Gasteiger partial charge in [-0.2, -0.15) is 0 Å². The summed E-state index contributed by atoms with van der Waals surface area (Å²) in [4.78, 5) is 15.9. The molecule has 24 heavy (non-hydrogen) atoms. The van der Waals surface area contributed by atoms with E-state index >= 15 is 0 Å². The molecule has 3 rings (SSSR count). The van der Waals surface area contributed by atoms with Gasteiger partial charge in [-0.15, -0.1) is 11.3 Å². The van der Waals surface area contributed by atoms with Gasteiger partial charge in [-0.3, -0.25) is 0 Å². The first-order valence-corrected chi connectivity index (χ1v) is 8.09. The number of rotatable bonds is 4. The fourth-order valence-corrected chi connectivity index (χ4v) is 3.62. The van der Waals surface area contributed by atoms with E-state index in [2.05, 4.69) is 9.71 Å². The Kier molecular flexibility index (Phi) is 3.99. The number of fused-ring (bicyclic) bond motifs is 1. The van der Waals surface area contributed by atoms with Crippen LogP contribution in [-0.2, 0) is 0 Å². The number of anilines is 1. The first-order chi connectivity index (χ1) is 11.4. The molecule has 8 nitrogen and oxygen atoms in total. The second-order valence-corrected chi connectivity index (χ2v) is 6.34. The summed E-state index contributed by atoms with van der Waals surface area (Å²) in [5, 5.41) is 48.2. The topological polar surface area (TPSA) is 143 Å². The predicted octanol–water partition coefficient (Wildman–Crippen LogP) is 2.94. The zero-order valence-electron chi connectivity index (χ0n) is 11.7. The average molecular weight is 366 g/mol. The smallest absolute Gasteiger partial charge is 0.343 e. The van der Waals surface area contributed by atoms with Crippen LogP contribution >= 0.6 is 23.3 Å². The number of aromatic hydroxyl groups is 4. The summed E-state index contributed by atoms with van der Waals surface area (Å²) in [5.74, 6) is -5.57. The molecule has 3 aromatic rings. The lowest BCUT2D eigenvalue weighted by Gasteiger charge is -2.14. The Labute approximate surface area is 142 Å². The van der Waals surface area contributed by atoms with Crippen molar-refractivity contribution in [3.05, 3.63) is 29.3 Å². The number of phenols is 4. The third kappa shape index (κ3) is 2.51. The number of thiazole rings is 1. The minimum absolute atomic E-state index is 0.410. The molecule has 0 amide bonds. The lowest BCUT2D eigenvalue weighted by molar-refractivity contribution is 0.0688. The van der Waals surface area contributed by atoms with Crippen molar-refractivity contribution in [2.75, 3.05) is 4.72 Å². The maximum absolute atomic E-state index is 11.0. The lowest BCUT2D eigenvalue weighted by Crippen LogP contribution is -2.00. The second kappa shape index (κ2) is 5.98. The number of nitrogens with one attached hydrogen (secondary N) is 1. The molecule has 0 spiro atoms. The number of aromatic carboxylic acids is 1. The number of hydrogen-bond donors (Lipinski definition) is 6. The van der Waals surface area contributed by atoms with Gasteiger partial charge in [0, 0.05) is 0 Å². The highest BCUT2D eigenvalue weighted by atomic mass is 32.2. The molecule has 6 N–H and O–H groups in total. The molecule has 1 heterocycles. The van der Waals surface area contributed by atoms with E-state index in [0.717, 1.165) is 16.6 Å². The number of hydrogen-bond acceptors (Lipinski definition) is 9. The van der Waals surface area contributed by atoms with Gasteiger partial charge in [0.15, 0.2) is 28.6 Å². The predicted molar refractivity (Wildman–Crippen MR) is 89.2 cm³/mol. The molecular weight excluding hydrogens is 356 g/mol. The van der Waals surface area contributed by atoms with E-state index in [1.165, 1.54) is 11.3 Å². The number of para-hydroxylation sites is 1. The molecule has 0 aliphatic heterocycles. The highest BCUT2D eigenvalue weighted by Crippen LogP contribution is 2.51. The summed E-state index contributed by atoms with van der Waals surface area (Å²) < 4.78 is 3.53. The molecule has 0 unspecified atom stereocenters. The fraction of sp³-hybridized carbons (Fsp3) is 0. The van der Waals surface area contributed by atoms with Crippen LogP contribution in [0.1, 0.15) is 10.4 Å². The van der Waals surface area contributed by atoms with E-state index in [4.69, 9.17) is 5.11 Å². The maximum atomic E-state index is 11.0. The summed E-state index contributed by atoms with van der Waals surface area (Å²) in [6, 6.07) is 5.43. The van der Waals surface area contributed by atoms with Crippen LogP contribution in [0.25, 0.3) is 10.2 Å². The summed E-state index contributed by atoms with van der Waals surface area (Å²) in [6.45, 7) is 0. The molecule has 10 heteroatoms. The molecule has 0 saturated carbocycles. The summed E-state index contributed by atoms with van der Waals surface area (Å²) in [6.07, 6.45) is 0. The monoisotopic (exact) mass is 366 g/mol. The minimum Gasteiger partial charge on any atom is -0.504 e. The van der Waals surface area contributed by atoms with Crippen LogP contribution in [0.3, 0.4) is 0 Å². The van der Waals surface area contributed by atoms with Gasteiger partial charge in [0.2, 0.25) is 0 Å². The molecule has 124 valence electrons. The summed E-state index contributed by atoms with van der Waals surface area (Å²) in [5.41, 5.74) is 0.979. The van der Waals surface area contributed by atoms with Crippen molar-refractivity contribution >= 4 is 45.2 Å². The quantitative estimate of drug-likeness (QED) is 0.233. The number of carboxylic acids is 1. The van der Waals surface area contributed by atoms with Gasteiger partial charge in [0.25, 0.3) is 0 Å². The van der Waals surface area contributed by atoms with Gasteiger partial charge in [0.1, 0.15) is 5.69 Å². The number of benzene rings is 2. The van der Waals surface area contributed by atoms with Crippen molar-refractivity contribution in [2.24, 2.45) is 0 Å². The van der Waals surface area contributed by atoms with Crippen molar-refractivity contribution in [1.29, 1.82) is 0 Å². The molecule has 0 saturated heterocycles. The van der Waals surface area contributed by atoms with Crippen molar-refractivity contribution in [3.63, 3.8) is 0 Å². The Hall–Kier alpha value is -2.85. The van der Waals surface area contributed by atoms with Gasteiger partial charge < -0.3 is 30.3 Å². The van der Waals surface area contributed by atoms with E-state index < -0.39 is 40.2 Å². The Morgan fingerprint density at radius 1 is 1.08 bits per heavy atom. The van der Waals surface area contributed by atoms with E-state index in [0.29, 0.717) is 10.4 Å². The molecule has 2 aromatic carbocycles. The molecule has 0 atom stereocenters. The fourth-order valence-electron chi connectivity index (χ4n) is 2.05. The Morgan fingerprint density at radius 2 is 1.75 bits per heavy atom. The number of carbonyl (C=O) groups is 1. The lowest BCUT2D eigenvalue weighted by atomic mass is 10.1. The third-order valence-corrected chi connectivity index (χ3v) is 4.85. The Bertz CT molecular complexity index is 927. The number of phenolic OH excluding ortho intramolecular Hbond substituents is 2. The van der Waals surface area contributed by atoms with Gasteiger partial charge >= 0.3 is 5.97 Å². The highest BCUT2D eigenvalue weighted by Gasteiger charge is 2.27. The van der Waals surface area contributed by atoms with Gasteiger partial charge in [-0.25, -0.2) is 9.78 Å². The normalized spacial score (nSPS) is 10.8. The van der Waals surface area contributed by atoms with Crippen LogP contribution in [-0.4, -0.2) is 36.5 Å². The van der Waals surface area contributed by atoms with Crippen molar-refractivity contribution in [3.8, 4) is 23.0 Å². The number of carboxylic acid groups (broad SMARTS) is 1. The molecule has 0 bridgehead atoms. The first kappa shape index (κ1) is 16.0. The van der Waals surface area contributed by atoms with Crippen molar-refractivity contribution in [1.82, 2.24) is 4.98 Å². The average Bonchev–Trinajstić information content (AvgIpc) is 3.02. The van der Waals surface area contributed by atoms with Crippen LogP contribution in [0.5, 0.6) is 23.0 Å². The zero-order chi connectivity index (χ0) is 17.4. The van der Waals surface area contributed by atoms with Crippen molar-refractivity contribution < 1.29 is 30.3 Å². The largest absolute Gasteiger partial charge is 0.504 e. The first-order valence-electron chi connectivity index (χ1n) is 6.40. The van der Waals surface area contributed by atoms with Gasteiger partial charge in [0.05, 0.1) is 20.6 Å². The van der Waals surface area contributed by atoms with E-state index in [-0.39, 0.29) is 0 Å². The van der Waals surface area contributed by atoms with E-state index in [1.54, 1.807) is 17.6 Å². The minimum atomic E-state index is -1.69. The molecular formula is C14H10N2O6S2. The Morgan fingerprint density at radius 3 is 2.38 bits per heavy atom. The van der Waals surface area contributed by atoms with Crippen LogP contribution < -0.4 is 4.72 Å².